The molecule has 0 amide bonds. The predicted octanol–water partition coefficient (Wildman–Crippen LogP) is 0.959. The summed E-state index contributed by atoms with van der Waals surface area (Å²) in [5.74, 6) is 0. The van der Waals surface area contributed by atoms with Gasteiger partial charge in [0.25, 0.3) is 0 Å². The number of nitrogens with one attached hydrogen (secondary N) is 1. The molecule has 2 heterocycles. The third kappa shape index (κ3) is 2.15. The number of rotatable bonds is 2. The SMILES string of the molecule is Cc1cc(S(=O)(=O)N2CCNCC2)c(C)s1. The molecular formula is C10H16N2O2S2. The first kappa shape index (κ1) is 12.0. The Hall–Kier alpha value is -0.430. The lowest BCUT2D eigenvalue weighted by Gasteiger charge is -2.26. The minimum Gasteiger partial charge on any atom is -0.314 e. The van der Waals surface area contributed by atoms with Gasteiger partial charge in [-0.2, -0.15) is 4.31 Å². The van der Waals surface area contributed by atoms with Gasteiger partial charge in [-0.15, -0.1) is 11.3 Å². The molecule has 0 aliphatic carbocycles. The fourth-order valence-corrected chi connectivity index (χ4v) is 4.85. The van der Waals surface area contributed by atoms with Crippen LogP contribution >= 0.6 is 11.3 Å². The fraction of sp³-hybridized carbons (Fsp3) is 0.600. The van der Waals surface area contributed by atoms with E-state index in [2.05, 4.69) is 5.32 Å². The fourth-order valence-electron chi connectivity index (χ4n) is 1.89. The number of aryl methyl sites for hydroxylation is 2. The van der Waals surface area contributed by atoms with Crippen molar-refractivity contribution < 1.29 is 8.42 Å². The zero-order chi connectivity index (χ0) is 11.8. The summed E-state index contributed by atoms with van der Waals surface area (Å²) in [5, 5.41) is 3.15. The molecule has 0 aromatic carbocycles. The number of piperazine rings is 1. The topological polar surface area (TPSA) is 49.4 Å². The molecule has 1 saturated heterocycles. The minimum absolute atomic E-state index is 0.483. The number of nitrogens with zero attached hydrogens (tertiary/aromatic N) is 1. The van der Waals surface area contributed by atoms with Crippen LogP contribution in [0.3, 0.4) is 0 Å². The van der Waals surface area contributed by atoms with Crippen LogP contribution in [0.5, 0.6) is 0 Å². The lowest BCUT2D eigenvalue weighted by molar-refractivity contribution is 0.360. The van der Waals surface area contributed by atoms with E-state index in [-0.39, 0.29) is 0 Å². The van der Waals surface area contributed by atoms with E-state index in [1.54, 1.807) is 10.4 Å². The Labute approximate surface area is 100 Å². The molecule has 1 fully saturated rings. The summed E-state index contributed by atoms with van der Waals surface area (Å²) in [7, 11) is -3.27. The Kier molecular flexibility index (Phi) is 3.34. The van der Waals surface area contributed by atoms with Gasteiger partial charge in [0, 0.05) is 35.9 Å². The highest BCUT2D eigenvalue weighted by Crippen LogP contribution is 2.27. The van der Waals surface area contributed by atoms with E-state index in [0.717, 1.165) is 22.8 Å². The van der Waals surface area contributed by atoms with Crippen LogP contribution in [-0.2, 0) is 10.0 Å². The second-order valence-electron chi connectivity index (χ2n) is 3.93. The molecular weight excluding hydrogens is 244 g/mol. The molecule has 0 unspecified atom stereocenters. The van der Waals surface area contributed by atoms with E-state index in [1.165, 1.54) is 11.3 Å². The third-order valence-electron chi connectivity index (χ3n) is 2.69. The summed E-state index contributed by atoms with van der Waals surface area (Å²) in [6.07, 6.45) is 0. The van der Waals surface area contributed by atoms with Crippen LogP contribution < -0.4 is 5.32 Å². The highest BCUT2D eigenvalue weighted by molar-refractivity contribution is 7.89. The van der Waals surface area contributed by atoms with Crippen molar-refractivity contribution >= 4 is 21.4 Å². The first-order valence-electron chi connectivity index (χ1n) is 5.30. The van der Waals surface area contributed by atoms with Crippen molar-refractivity contribution in [2.45, 2.75) is 18.7 Å². The molecule has 1 aromatic heterocycles. The maximum Gasteiger partial charge on any atom is 0.244 e. The van der Waals surface area contributed by atoms with E-state index < -0.39 is 10.0 Å². The van der Waals surface area contributed by atoms with Gasteiger partial charge < -0.3 is 5.32 Å². The molecule has 1 N–H and O–H groups in total. The van der Waals surface area contributed by atoms with Gasteiger partial charge in [-0.1, -0.05) is 0 Å². The Morgan fingerprint density at radius 2 is 1.94 bits per heavy atom. The van der Waals surface area contributed by atoms with E-state index in [4.69, 9.17) is 0 Å². The number of hydrogen-bond donors (Lipinski definition) is 1. The van der Waals surface area contributed by atoms with Crippen molar-refractivity contribution in [2.24, 2.45) is 0 Å². The Morgan fingerprint density at radius 3 is 2.44 bits per heavy atom. The third-order valence-corrected chi connectivity index (χ3v) is 5.81. The van der Waals surface area contributed by atoms with Crippen LogP contribution in [0.4, 0.5) is 0 Å². The smallest absolute Gasteiger partial charge is 0.244 e. The molecule has 4 nitrogen and oxygen atoms in total. The number of thiophene rings is 1. The van der Waals surface area contributed by atoms with Crippen LogP contribution in [0.1, 0.15) is 9.75 Å². The largest absolute Gasteiger partial charge is 0.314 e. The van der Waals surface area contributed by atoms with E-state index in [9.17, 15) is 8.42 Å². The lowest BCUT2D eigenvalue weighted by atomic mass is 10.4. The first-order chi connectivity index (χ1) is 7.51. The molecule has 6 heteroatoms. The normalized spacial score (nSPS) is 18.9. The standard InChI is InChI=1S/C10H16N2O2S2/c1-8-7-10(9(2)15-8)16(13,14)12-5-3-11-4-6-12/h7,11H,3-6H2,1-2H3. The van der Waals surface area contributed by atoms with Crippen LogP contribution in [0.25, 0.3) is 0 Å². The second-order valence-corrected chi connectivity index (χ2v) is 7.30. The molecule has 0 bridgehead atoms. The molecule has 90 valence electrons. The molecule has 1 aliphatic rings. The van der Waals surface area contributed by atoms with Crippen molar-refractivity contribution in [3.63, 3.8) is 0 Å². The number of sulfonamides is 1. The highest BCUT2D eigenvalue weighted by atomic mass is 32.2. The summed E-state index contributed by atoms with van der Waals surface area (Å²) in [5.41, 5.74) is 0. The van der Waals surface area contributed by atoms with Gasteiger partial charge in [0.15, 0.2) is 0 Å². The van der Waals surface area contributed by atoms with Crippen LogP contribution in [0.2, 0.25) is 0 Å². The first-order valence-corrected chi connectivity index (χ1v) is 7.55. The minimum atomic E-state index is -3.27. The number of hydrogen-bond acceptors (Lipinski definition) is 4. The summed E-state index contributed by atoms with van der Waals surface area (Å²) in [6.45, 7) is 6.41. The van der Waals surface area contributed by atoms with Gasteiger partial charge in [-0.3, -0.25) is 0 Å². The van der Waals surface area contributed by atoms with Crippen molar-refractivity contribution in [1.82, 2.24) is 9.62 Å². The van der Waals surface area contributed by atoms with Gasteiger partial charge in [0.05, 0.1) is 4.90 Å². The molecule has 0 spiro atoms. The van der Waals surface area contributed by atoms with E-state index >= 15 is 0 Å². The maximum absolute atomic E-state index is 12.3. The zero-order valence-corrected chi connectivity index (χ0v) is 11.1. The monoisotopic (exact) mass is 260 g/mol. The molecule has 0 radical (unpaired) electrons. The Balaban J connectivity index is 2.34. The average molecular weight is 260 g/mol. The predicted molar refractivity (Wildman–Crippen MR) is 65.4 cm³/mol. The van der Waals surface area contributed by atoms with Crippen molar-refractivity contribution in [2.75, 3.05) is 26.2 Å². The molecule has 2 rings (SSSR count). The molecule has 1 aromatic rings. The van der Waals surface area contributed by atoms with Crippen molar-refractivity contribution in [3.05, 3.63) is 15.8 Å². The summed E-state index contributed by atoms with van der Waals surface area (Å²) in [6, 6.07) is 1.78. The summed E-state index contributed by atoms with van der Waals surface area (Å²) >= 11 is 1.54. The molecule has 1 aliphatic heterocycles. The summed E-state index contributed by atoms with van der Waals surface area (Å²) in [4.78, 5) is 2.42. The van der Waals surface area contributed by atoms with Gasteiger partial charge in [0.1, 0.15) is 0 Å². The van der Waals surface area contributed by atoms with E-state index in [1.807, 2.05) is 13.8 Å². The van der Waals surface area contributed by atoms with Gasteiger partial charge in [-0.25, -0.2) is 8.42 Å². The lowest BCUT2D eigenvalue weighted by Crippen LogP contribution is -2.46. The quantitative estimate of drug-likeness (QED) is 0.861. The molecule has 0 atom stereocenters. The van der Waals surface area contributed by atoms with Gasteiger partial charge >= 0.3 is 0 Å². The average Bonchev–Trinajstić information content (AvgIpc) is 2.60. The molecule has 16 heavy (non-hydrogen) atoms. The van der Waals surface area contributed by atoms with Crippen LogP contribution in [0.15, 0.2) is 11.0 Å². The molecule has 0 saturated carbocycles. The van der Waals surface area contributed by atoms with E-state index in [0.29, 0.717) is 18.0 Å². The summed E-state index contributed by atoms with van der Waals surface area (Å²) < 4.78 is 26.2. The Morgan fingerprint density at radius 1 is 1.31 bits per heavy atom. The zero-order valence-electron chi connectivity index (χ0n) is 9.49. The highest BCUT2D eigenvalue weighted by Gasteiger charge is 2.28. The van der Waals surface area contributed by atoms with Crippen LogP contribution in [0, 0.1) is 13.8 Å². The van der Waals surface area contributed by atoms with Crippen molar-refractivity contribution in [3.8, 4) is 0 Å². The van der Waals surface area contributed by atoms with Gasteiger partial charge in [0.2, 0.25) is 10.0 Å². The maximum atomic E-state index is 12.3. The van der Waals surface area contributed by atoms with Crippen LogP contribution in [-0.4, -0.2) is 38.9 Å². The Bertz CT molecular complexity index is 473. The van der Waals surface area contributed by atoms with Crippen molar-refractivity contribution in [1.29, 1.82) is 0 Å². The second kappa shape index (κ2) is 4.44. The van der Waals surface area contributed by atoms with Gasteiger partial charge in [-0.05, 0) is 19.9 Å².